The lowest BCUT2D eigenvalue weighted by Gasteiger charge is -2.27. The summed E-state index contributed by atoms with van der Waals surface area (Å²) in [7, 11) is 0. The number of hydrogen-bond donors (Lipinski definition) is 2. The lowest BCUT2D eigenvalue weighted by molar-refractivity contribution is -0.149. The molecular formula is C12H20N2O3S. The van der Waals surface area contributed by atoms with Crippen molar-refractivity contribution in [1.82, 2.24) is 4.90 Å². The third-order valence-electron chi connectivity index (χ3n) is 3.48. The molecule has 1 amide bonds. The Morgan fingerprint density at radius 1 is 1.33 bits per heavy atom. The van der Waals surface area contributed by atoms with E-state index >= 15 is 0 Å². The number of thioether (sulfide) groups is 1. The van der Waals surface area contributed by atoms with Crippen LogP contribution in [-0.2, 0) is 9.59 Å². The molecule has 1 heterocycles. The van der Waals surface area contributed by atoms with Crippen LogP contribution in [0, 0.1) is 5.92 Å². The zero-order chi connectivity index (χ0) is 13.1. The first-order valence-electron chi connectivity index (χ1n) is 6.50. The van der Waals surface area contributed by atoms with Crippen molar-refractivity contribution in [2.45, 2.75) is 43.5 Å². The molecule has 0 radical (unpaired) electrons. The van der Waals surface area contributed by atoms with E-state index in [4.69, 9.17) is 5.73 Å². The lowest BCUT2D eigenvalue weighted by Crippen LogP contribution is -2.46. The topological polar surface area (TPSA) is 83.6 Å². The number of carboxylic acids is 1. The Morgan fingerprint density at radius 2 is 2.06 bits per heavy atom. The van der Waals surface area contributed by atoms with Gasteiger partial charge in [0.05, 0.1) is 5.37 Å². The van der Waals surface area contributed by atoms with E-state index in [0.29, 0.717) is 24.6 Å². The molecule has 2 atom stereocenters. The number of carbonyl (C=O) groups excluding carboxylic acids is 1. The van der Waals surface area contributed by atoms with E-state index in [1.807, 2.05) is 0 Å². The Hall–Kier alpha value is -0.750. The zero-order valence-corrected chi connectivity index (χ0v) is 11.2. The molecule has 6 heteroatoms. The second-order valence-electron chi connectivity index (χ2n) is 4.96. The standard InChI is InChI=1S/C12H20N2O3S/c13-6-2-1-3-10(15)14-9(12(16)17)7-18-11(14)8-4-5-8/h8-9,11H,1-7,13H2,(H,16,17). The van der Waals surface area contributed by atoms with Crippen LogP contribution in [0.25, 0.3) is 0 Å². The van der Waals surface area contributed by atoms with Crippen LogP contribution in [0.4, 0.5) is 0 Å². The summed E-state index contributed by atoms with van der Waals surface area (Å²) >= 11 is 1.62. The Balaban J connectivity index is 1.98. The highest BCUT2D eigenvalue weighted by Crippen LogP contribution is 2.45. The van der Waals surface area contributed by atoms with Crippen molar-refractivity contribution in [1.29, 1.82) is 0 Å². The van der Waals surface area contributed by atoms with Crippen LogP contribution in [0.3, 0.4) is 0 Å². The quantitative estimate of drug-likeness (QED) is 0.701. The van der Waals surface area contributed by atoms with Gasteiger partial charge in [0.15, 0.2) is 0 Å². The van der Waals surface area contributed by atoms with Gasteiger partial charge >= 0.3 is 5.97 Å². The van der Waals surface area contributed by atoms with Gasteiger partial charge in [-0.1, -0.05) is 0 Å². The number of carboxylic acid groups (broad SMARTS) is 1. The molecule has 1 saturated carbocycles. The highest BCUT2D eigenvalue weighted by atomic mass is 32.2. The summed E-state index contributed by atoms with van der Waals surface area (Å²) in [5.74, 6) is 0.146. The maximum Gasteiger partial charge on any atom is 0.327 e. The lowest BCUT2D eigenvalue weighted by atomic mass is 10.1. The fourth-order valence-corrected chi connectivity index (χ4v) is 3.98. The number of amides is 1. The van der Waals surface area contributed by atoms with Gasteiger partial charge < -0.3 is 15.7 Å². The van der Waals surface area contributed by atoms with Gasteiger partial charge in [0, 0.05) is 12.2 Å². The molecule has 1 saturated heterocycles. The van der Waals surface area contributed by atoms with Crippen molar-refractivity contribution in [3.05, 3.63) is 0 Å². The van der Waals surface area contributed by atoms with Crippen LogP contribution in [0.5, 0.6) is 0 Å². The van der Waals surface area contributed by atoms with E-state index in [0.717, 1.165) is 25.7 Å². The molecule has 0 aromatic carbocycles. The first kappa shape index (κ1) is 13.7. The van der Waals surface area contributed by atoms with Crippen LogP contribution in [0.1, 0.15) is 32.1 Å². The fraction of sp³-hybridized carbons (Fsp3) is 0.833. The van der Waals surface area contributed by atoms with Crippen LogP contribution < -0.4 is 5.73 Å². The summed E-state index contributed by atoms with van der Waals surface area (Å²) in [5, 5.41) is 9.29. The van der Waals surface area contributed by atoms with E-state index < -0.39 is 12.0 Å². The van der Waals surface area contributed by atoms with Crippen molar-refractivity contribution in [3.8, 4) is 0 Å². The number of aliphatic carboxylic acids is 1. The molecule has 2 unspecified atom stereocenters. The zero-order valence-electron chi connectivity index (χ0n) is 10.4. The fourth-order valence-electron chi connectivity index (χ4n) is 2.33. The normalized spacial score (nSPS) is 27.5. The first-order chi connectivity index (χ1) is 8.65. The van der Waals surface area contributed by atoms with Gasteiger partial charge in [-0.2, -0.15) is 0 Å². The van der Waals surface area contributed by atoms with E-state index in [1.54, 1.807) is 16.7 Å². The molecule has 0 aromatic heterocycles. The SMILES string of the molecule is NCCCCC(=O)N1C(C(=O)O)CSC1C1CC1. The minimum absolute atomic E-state index is 0.0160. The maximum absolute atomic E-state index is 12.2. The average Bonchev–Trinajstić information content (AvgIpc) is 3.07. The first-order valence-corrected chi connectivity index (χ1v) is 7.55. The molecule has 18 heavy (non-hydrogen) atoms. The monoisotopic (exact) mass is 272 g/mol. The molecule has 1 aliphatic heterocycles. The van der Waals surface area contributed by atoms with E-state index in [9.17, 15) is 14.7 Å². The number of hydrogen-bond acceptors (Lipinski definition) is 4. The van der Waals surface area contributed by atoms with E-state index in [-0.39, 0.29) is 11.3 Å². The predicted octanol–water partition coefficient (Wildman–Crippen LogP) is 0.880. The van der Waals surface area contributed by atoms with Crippen LogP contribution in [-0.4, -0.2) is 45.6 Å². The maximum atomic E-state index is 12.2. The van der Waals surface area contributed by atoms with Gasteiger partial charge in [0.25, 0.3) is 0 Å². The van der Waals surface area contributed by atoms with Crippen LogP contribution in [0.2, 0.25) is 0 Å². The highest BCUT2D eigenvalue weighted by molar-refractivity contribution is 8.00. The minimum atomic E-state index is -0.877. The second-order valence-corrected chi connectivity index (χ2v) is 6.11. The molecule has 102 valence electrons. The predicted molar refractivity (Wildman–Crippen MR) is 70.1 cm³/mol. The average molecular weight is 272 g/mol. The molecular weight excluding hydrogens is 252 g/mol. The summed E-state index contributed by atoms with van der Waals surface area (Å²) in [6.07, 6.45) is 4.23. The summed E-state index contributed by atoms with van der Waals surface area (Å²) in [5.41, 5.74) is 5.41. The number of nitrogens with zero attached hydrogens (tertiary/aromatic N) is 1. The molecule has 2 fully saturated rings. The Kier molecular flexibility index (Phi) is 4.50. The van der Waals surface area contributed by atoms with Crippen LogP contribution in [0.15, 0.2) is 0 Å². The number of nitrogens with two attached hydrogens (primary N) is 1. The third kappa shape index (κ3) is 2.98. The van der Waals surface area contributed by atoms with Gasteiger partial charge in [-0.05, 0) is 38.1 Å². The summed E-state index contributed by atoms with van der Waals surface area (Å²) < 4.78 is 0. The molecule has 3 N–H and O–H groups in total. The van der Waals surface area contributed by atoms with E-state index in [1.165, 1.54) is 0 Å². The van der Waals surface area contributed by atoms with Gasteiger partial charge in [-0.25, -0.2) is 4.79 Å². The van der Waals surface area contributed by atoms with Crippen LogP contribution >= 0.6 is 11.8 Å². The molecule has 0 bridgehead atoms. The van der Waals surface area contributed by atoms with Gasteiger partial charge in [-0.15, -0.1) is 11.8 Å². The summed E-state index contributed by atoms with van der Waals surface area (Å²) in [6, 6.07) is -0.633. The summed E-state index contributed by atoms with van der Waals surface area (Å²) in [4.78, 5) is 25.0. The molecule has 2 rings (SSSR count). The van der Waals surface area contributed by atoms with Gasteiger partial charge in [-0.3, -0.25) is 4.79 Å². The van der Waals surface area contributed by atoms with E-state index in [2.05, 4.69) is 0 Å². The third-order valence-corrected chi connectivity index (χ3v) is 4.94. The highest BCUT2D eigenvalue weighted by Gasteiger charge is 2.47. The van der Waals surface area contributed by atoms with Gasteiger partial charge in [0.1, 0.15) is 6.04 Å². The summed E-state index contributed by atoms with van der Waals surface area (Å²) in [6.45, 7) is 0.580. The van der Waals surface area contributed by atoms with Crippen molar-refractivity contribution < 1.29 is 14.7 Å². The smallest absolute Gasteiger partial charge is 0.327 e. The number of rotatable bonds is 6. The minimum Gasteiger partial charge on any atom is -0.480 e. The van der Waals surface area contributed by atoms with Crippen molar-refractivity contribution in [3.63, 3.8) is 0 Å². The Bertz CT molecular complexity index is 333. The van der Waals surface area contributed by atoms with Crippen molar-refractivity contribution in [2.24, 2.45) is 11.7 Å². The number of carbonyl (C=O) groups is 2. The van der Waals surface area contributed by atoms with Gasteiger partial charge in [0.2, 0.25) is 5.91 Å². The molecule has 0 aromatic rings. The van der Waals surface area contributed by atoms with Crippen molar-refractivity contribution >= 4 is 23.6 Å². The Morgan fingerprint density at radius 3 is 2.61 bits per heavy atom. The van der Waals surface area contributed by atoms with Crippen molar-refractivity contribution in [2.75, 3.05) is 12.3 Å². The second kappa shape index (κ2) is 5.93. The Labute approximate surface area is 111 Å². The largest absolute Gasteiger partial charge is 0.480 e. The molecule has 1 aliphatic carbocycles. The number of unbranched alkanes of at least 4 members (excludes halogenated alkanes) is 1. The molecule has 5 nitrogen and oxygen atoms in total. The molecule has 0 spiro atoms. The molecule has 2 aliphatic rings.